The molecule has 5 nitrogen and oxygen atoms in total. The predicted octanol–water partition coefficient (Wildman–Crippen LogP) is 1.80. The van der Waals surface area contributed by atoms with Crippen LogP contribution in [0.4, 0.5) is 14.6 Å². The van der Waals surface area contributed by atoms with Crippen molar-refractivity contribution < 1.29 is 18.3 Å². The summed E-state index contributed by atoms with van der Waals surface area (Å²) in [6, 6.07) is 3.14. The van der Waals surface area contributed by atoms with Crippen molar-refractivity contribution in [2.75, 3.05) is 25.5 Å². The van der Waals surface area contributed by atoms with Crippen molar-refractivity contribution in [1.82, 2.24) is 10.3 Å². The SMILES string of the molecule is CC(C)c1cc(C(=O)NCCOCC(F)F)cc(N)n1. The lowest BCUT2D eigenvalue weighted by molar-refractivity contribution is 0.0188. The van der Waals surface area contributed by atoms with Gasteiger partial charge < -0.3 is 15.8 Å². The standard InChI is InChI=1S/C13H19F2N3O2/c1-8(2)10-5-9(6-12(16)18-10)13(19)17-3-4-20-7-11(14)15/h5-6,8,11H,3-4,7H2,1-2H3,(H2,16,18)(H,17,19). The molecule has 1 aromatic rings. The molecule has 0 spiro atoms. The van der Waals surface area contributed by atoms with E-state index in [4.69, 9.17) is 5.73 Å². The molecule has 0 saturated heterocycles. The molecule has 1 aromatic heterocycles. The van der Waals surface area contributed by atoms with Gasteiger partial charge in [-0.15, -0.1) is 0 Å². The molecule has 0 aliphatic heterocycles. The first kappa shape index (κ1) is 16.3. The van der Waals surface area contributed by atoms with Gasteiger partial charge in [-0.1, -0.05) is 13.8 Å². The van der Waals surface area contributed by atoms with Crippen molar-refractivity contribution in [2.24, 2.45) is 0 Å². The molecule has 0 aliphatic rings. The van der Waals surface area contributed by atoms with Gasteiger partial charge in [0.25, 0.3) is 12.3 Å². The summed E-state index contributed by atoms with van der Waals surface area (Å²) in [5.74, 6) is 0.0939. The first-order valence-corrected chi connectivity index (χ1v) is 6.31. The van der Waals surface area contributed by atoms with Gasteiger partial charge >= 0.3 is 0 Å². The highest BCUT2D eigenvalue weighted by atomic mass is 19.3. The maximum Gasteiger partial charge on any atom is 0.261 e. The van der Waals surface area contributed by atoms with E-state index in [1.54, 1.807) is 6.07 Å². The summed E-state index contributed by atoms with van der Waals surface area (Å²) in [7, 11) is 0. The predicted molar refractivity (Wildman–Crippen MR) is 71.9 cm³/mol. The number of carbonyl (C=O) groups excluding carboxylic acids is 1. The number of nitrogens with one attached hydrogen (secondary N) is 1. The first-order valence-electron chi connectivity index (χ1n) is 6.31. The quantitative estimate of drug-likeness (QED) is 0.750. The van der Waals surface area contributed by atoms with Gasteiger partial charge in [-0.2, -0.15) is 0 Å². The Kier molecular flexibility index (Phi) is 6.30. The number of alkyl halides is 2. The molecular formula is C13H19F2N3O2. The molecule has 0 aliphatic carbocycles. The third kappa shape index (κ3) is 5.48. The summed E-state index contributed by atoms with van der Waals surface area (Å²) in [6.07, 6.45) is -2.50. The molecule has 0 fully saturated rings. The smallest absolute Gasteiger partial charge is 0.261 e. The summed E-state index contributed by atoms with van der Waals surface area (Å²) in [5, 5.41) is 2.57. The molecule has 112 valence electrons. The summed E-state index contributed by atoms with van der Waals surface area (Å²) >= 11 is 0. The topological polar surface area (TPSA) is 77.2 Å². The van der Waals surface area contributed by atoms with Gasteiger partial charge in [-0.05, 0) is 18.1 Å². The van der Waals surface area contributed by atoms with Crippen molar-refractivity contribution in [3.05, 3.63) is 23.4 Å². The number of rotatable bonds is 7. The average Bonchev–Trinajstić information content (AvgIpc) is 2.36. The van der Waals surface area contributed by atoms with Crippen LogP contribution in [0.1, 0.15) is 35.8 Å². The minimum Gasteiger partial charge on any atom is -0.384 e. The monoisotopic (exact) mass is 287 g/mol. The van der Waals surface area contributed by atoms with Crippen LogP contribution >= 0.6 is 0 Å². The number of aromatic nitrogens is 1. The number of carbonyl (C=O) groups is 1. The number of hydrogen-bond acceptors (Lipinski definition) is 4. The molecule has 1 rings (SSSR count). The highest BCUT2D eigenvalue weighted by Crippen LogP contribution is 2.15. The molecule has 0 saturated carbocycles. The van der Waals surface area contributed by atoms with Crippen LogP contribution in [0.15, 0.2) is 12.1 Å². The van der Waals surface area contributed by atoms with Gasteiger partial charge in [0.15, 0.2) is 0 Å². The second-order valence-electron chi connectivity index (χ2n) is 4.58. The number of pyridine rings is 1. The molecule has 1 heterocycles. The largest absolute Gasteiger partial charge is 0.384 e. The molecule has 0 bridgehead atoms. The Morgan fingerprint density at radius 1 is 1.45 bits per heavy atom. The fraction of sp³-hybridized carbons (Fsp3) is 0.538. The zero-order chi connectivity index (χ0) is 15.1. The third-order valence-corrected chi connectivity index (χ3v) is 2.49. The summed E-state index contributed by atoms with van der Waals surface area (Å²) in [4.78, 5) is 16.0. The van der Waals surface area contributed by atoms with Crippen molar-refractivity contribution in [2.45, 2.75) is 26.2 Å². The van der Waals surface area contributed by atoms with Gasteiger partial charge in [0.2, 0.25) is 0 Å². The van der Waals surface area contributed by atoms with Crippen molar-refractivity contribution in [3.8, 4) is 0 Å². The summed E-state index contributed by atoms with van der Waals surface area (Å²) in [5.41, 5.74) is 6.77. The molecule has 1 amide bonds. The number of amides is 1. The Balaban J connectivity index is 2.51. The molecule has 0 aromatic carbocycles. The van der Waals surface area contributed by atoms with E-state index in [-0.39, 0.29) is 30.8 Å². The lowest BCUT2D eigenvalue weighted by Gasteiger charge is -2.10. The minimum atomic E-state index is -2.50. The number of anilines is 1. The number of nitrogens with two attached hydrogens (primary N) is 1. The number of hydrogen-bond donors (Lipinski definition) is 2. The maximum absolute atomic E-state index is 11.9. The van der Waals surface area contributed by atoms with Crippen LogP contribution in [-0.4, -0.2) is 37.1 Å². The van der Waals surface area contributed by atoms with Crippen LogP contribution in [0.2, 0.25) is 0 Å². The normalized spacial score (nSPS) is 11.1. The Bertz CT molecular complexity index is 453. The Morgan fingerprint density at radius 3 is 2.75 bits per heavy atom. The Morgan fingerprint density at radius 2 is 2.15 bits per heavy atom. The summed E-state index contributed by atoms with van der Waals surface area (Å²) in [6.45, 7) is 3.46. The highest BCUT2D eigenvalue weighted by molar-refractivity contribution is 5.94. The van der Waals surface area contributed by atoms with Crippen molar-refractivity contribution in [1.29, 1.82) is 0 Å². The number of ether oxygens (including phenoxy) is 1. The second kappa shape index (κ2) is 7.74. The van der Waals surface area contributed by atoms with Crippen molar-refractivity contribution >= 4 is 11.7 Å². The number of nitrogens with zero attached hydrogens (tertiary/aromatic N) is 1. The highest BCUT2D eigenvalue weighted by Gasteiger charge is 2.10. The van der Waals surface area contributed by atoms with Crippen LogP contribution in [0.3, 0.4) is 0 Å². The number of halogens is 2. The van der Waals surface area contributed by atoms with Gasteiger partial charge in [-0.25, -0.2) is 13.8 Å². The zero-order valence-corrected chi connectivity index (χ0v) is 11.5. The van der Waals surface area contributed by atoms with E-state index in [1.807, 2.05) is 13.8 Å². The second-order valence-corrected chi connectivity index (χ2v) is 4.58. The van der Waals surface area contributed by atoms with Gasteiger partial charge in [-0.3, -0.25) is 4.79 Å². The van der Waals surface area contributed by atoms with Crippen molar-refractivity contribution in [3.63, 3.8) is 0 Å². The third-order valence-electron chi connectivity index (χ3n) is 2.49. The van der Waals surface area contributed by atoms with Crippen LogP contribution in [-0.2, 0) is 4.74 Å². The van der Waals surface area contributed by atoms with E-state index in [9.17, 15) is 13.6 Å². The van der Waals surface area contributed by atoms with Crippen LogP contribution < -0.4 is 11.1 Å². The molecule has 0 atom stereocenters. The van der Waals surface area contributed by atoms with E-state index in [0.717, 1.165) is 5.69 Å². The number of nitrogen functional groups attached to an aromatic ring is 1. The molecule has 7 heteroatoms. The lowest BCUT2D eigenvalue weighted by Crippen LogP contribution is -2.28. The van der Waals surface area contributed by atoms with E-state index >= 15 is 0 Å². The Hall–Kier alpha value is -1.76. The molecule has 20 heavy (non-hydrogen) atoms. The zero-order valence-electron chi connectivity index (χ0n) is 11.5. The van der Waals surface area contributed by atoms with E-state index in [0.29, 0.717) is 5.56 Å². The fourth-order valence-electron chi connectivity index (χ4n) is 1.51. The van der Waals surface area contributed by atoms with Crippen LogP contribution in [0.5, 0.6) is 0 Å². The van der Waals surface area contributed by atoms with E-state index in [1.165, 1.54) is 6.07 Å². The fourth-order valence-corrected chi connectivity index (χ4v) is 1.51. The first-order chi connectivity index (χ1) is 9.40. The van der Waals surface area contributed by atoms with E-state index < -0.39 is 13.0 Å². The van der Waals surface area contributed by atoms with Gasteiger partial charge in [0.05, 0.1) is 6.61 Å². The maximum atomic E-state index is 11.9. The van der Waals surface area contributed by atoms with Gasteiger partial charge in [0.1, 0.15) is 12.4 Å². The minimum absolute atomic E-state index is 0.0354. The Labute approximate surface area is 116 Å². The molecule has 3 N–H and O–H groups in total. The average molecular weight is 287 g/mol. The van der Waals surface area contributed by atoms with Crippen LogP contribution in [0, 0.1) is 0 Å². The van der Waals surface area contributed by atoms with Crippen LogP contribution in [0.25, 0.3) is 0 Å². The van der Waals surface area contributed by atoms with Gasteiger partial charge in [0, 0.05) is 17.8 Å². The molecule has 0 unspecified atom stereocenters. The van der Waals surface area contributed by atoms with E-state index in [2.05, 4.69) is 15.0 Å². The molecular weight excluding hydrogens is 268 g/mol. The lowest BCUT2D eigenvalue weighted by atomic mass is 10.1. The summed E-state index contributed by atoms with van der Waals surface area (Å²) < 4.78 is 28.3. The molecule has 0 radical (unpaired) electrons.